The van der Waals surface area contributed by atoms with Crippen molar-refractivity contribution in [1.82, 2.24) is 19.9 Å². The topological polar surface area (TPSA) is 83.5 Å². The van der Waals surface area contributed by atoms with E-state index in [1.54, 1.807) is 6.07 Å². The summed E-state index contributed by atoms with van der Waals surface area (Å²) in [6.07, 6.45) is 2.20. The van der Waals surface area contributed by atoms with Crippen molar-refractivity contribution in [2.75, 3.05) is 44.0 Å². The van der Waals surface area contributed by atoms with Gasteiger partial charge in [0, 0.05) is 19.1 Å². The molecule has 1 aliphatic heterocycles. The molecule has 3 aromatic rings. The Balaban J connectivity index is 1.41. The smallest absolute Gasteiger partial charge is 0.263 e. The largest absolute Gasteiger partial charge is 0.484 e. The Bertz CT molecular complexity index is 1090. The summed E-state index contributed by atoms with van der Waals surface area (Å²) in [5.74, 6) is 1.60. The third kappa shape index (κ3) is 5.13. The first kappa shape index (κ1) is 22.0. The van der Waals surface area contributed by atoms with Crippen LogP contribution in [0.15, 0.2) is 36.4 Å². The number of nitrogens with one attached hydrogen (secondary N) is 1. The average molecular weight is 435 g/mol. The van der Waals surface area contributed by atoms with Gasteiger partial charge >= 0.3 is 0 Å². The summed E-state index contributed by atoms with van der Waals surface area (Å²) in [5, 5.41) is 2.79. The number of rotatable bonds is 6. The van der Waals surface area contributed by atoms with Gasteiger partial charge in [-0.25, -0.2) is 15.0 Å². The van der Waals surface area contributed by atoms with Crippen LogP contribution in [0.5, 0.6) is 5.75 Å². The molecule has 0 spiro atoms. The van der Waals surface area contributed by atoms with Crippen LogP contribution in [0, 0.1) is 13.8 Å². The van der Waals surface area contributed by atoms with E-state index in [0.29, 0.717) is 23.1 Å². The first-order valence-electron chi connectivity index (χ1n) is 10.9. The highest BCUT2D eigenvalue weighted by Gasteiger charge is 2.23. The number of benzene rings is 1. The molecule has 0 atom stereocenters. The zero-order valence-electron chi connectivity index (χ0n) is 19.1. The Kier molecular flexibility index (Phi) is 6.50. The highest BCUT2D eigenvalue weighted by atomic mass is 16.5. The van der Waals surface area contributed by atoms with E-state index in [1.165, 1.54) is 0 Å². The second-order valence-electron chi connectivity index (χ2n) is 8.50. The molecule has 0 bridgehead atoms. The van der Waals surface area contributed by atoms with Crippen LogP contribution in [0.25, 0.3) is 11.0 Å². The maximum absolute atomic E-state index is 12.3. The van der Waals surface area contributed by atoms with E-state index in [9.17, 15) is 4.79 Å². The molecule has 0 unspecified atom stereocenters. The molecule has 1 N–H and O–H groups in total. The van der Waals surface area contributed by atoms with E-state index in [-0.39, 0.29) is 12.5 Å². The Morgan fingerprint density at radius 3 is 2.47 bits per heavy atom. The number of piperidine rings is 1. The van der Waals surface area contributed by atoms with Gasteiger partial charge < -0.3 is 19.9 Å². The number of amides is 1. The van der Waals surface area contributed by atoms with Crippen LogP contribution in [-0.2, 0) is 4.79 Å². The average Bonchev–Trinajstić information content (AvgIpc) is 2.79. The number of carbonyl (C=O) groups excluding carboxylic acids is 1. The molecule has 4 rings (SSSR count). The quantitative estimate of drug-likeness (QED) is 0.638. The number of ether oxygens (including phenoxy) is 1. The van der Waals surface area contributed by atoms with Gasteiger partial charge in [0.25, 0.3) is 5.91 Å². The lowest BCUT2D eigenvalue weighted by Crippen LogP contribution is -2.42. The lowest BCUT2D eigenvalue weighted by Gasteiger charge is -2.35. The van der Waals surface area contributed by atoms with Gasteiger partial charge in [0.1, 0.15) is 17.1 Å². The number of hydrogen-bond acceptors (Lipinski definition) is 7. The summed E-state index contributed by atoms with van der Waals surface area (Å²) >= 11 is 0. The molecule has 1 amide bonds. The Morgan fingerprint density at radius 2 is 1.78 bits per heavy atom. The molecule has 1 aliphatic rings. The number of hydrogen-bond donors (Lipinski definition) is 1. The minimum atomic E-state index is -0.267. The van der Waals surface area contributed by atoms with Crippen molar-refractivity contribution in [3.05, 3.63) is 47.7 Å². The van der Waals surface area contributed by atoms with E-state index in [2.05, 4.69) is 34.2 Å². The summed E-state index contributed by atoms with van der Waals surface area (Å²) in [4.78, 5) is 30.8. The van der Waals surface area contributed by atoms with E-state index in [4.69, 9.17) is 14.7 Å². The highest BCUT2D eigenvalue weighted by Crippen LogP contribution is 2.23. The number of anilines is 2. The van der Waals surface area contributed by atoms with Gasteiger partial charge in [-0.2, -0.15) is 0 Å². The van der Waals surface area contributed by atoms with Crippen molar-refractivity contribution in [2.45, 2.75) is 32.7 Å². The van der Waals surface area contributed by atoms with Gasteiger partial charge in [-0.1, -0.05) is 17.7 Å². The van der Waals surface area contributed by atoms with Gasteiger partial charge in [0.05, 0.1) is 11.2 Å². The van der Waals surface area contributed by atoms with Crippen LogP contribution in [0.1, 0.15) is 24.1 Å². The molecule has 0 aliphatic carbocycles. The van der Waals surface area contributed by atoms with Crippen LogP contribution >= 0.6 is 0 Å². The number of pyridine rings is 1. The first-order chi connectivity index (χ1) is 15.4. The second-order valence-corrected chi connectivity index (χ2v) is 8.50. The number of nitrogens with zero attached hydrogens (tertiary/aromatic N) is 5. The van der Waals surface area contributed by atoms with Crippen molar-refractivity contribution in [3.8, 4) is 5.75 Å². The van der Waals surface area contributed by atoms with Gasteiger partial charge in [0.2, 0.25) is 5.95 Å². The SMILES string of the molecule is Cc1ccc(OCC(=O)Nc2ccc3nc(N4CCC(N(C)C)CC4)nc(C)c3n2)cc1. The third-order valence-electron chi connectivity index (χ3n) is 5.84. The molecule has 1 saturated heterocycles. The van der Waals surface area contributed by atoms with Gasteiger partial charge in [-0.15, -0.1) is 0 Å². The summed E-state index contributed by atoms with van der Waals surface area (Å²) < 4.78 is 5.54. The second kappa shape index (κ2) is 9.48. The number of carbonyl (C=O) groups is 1. The van der Waals surface area contributed by atoms with Crippen molar-refractivity contribution < 1.29 is 9.53 Å². The highest BCUT2D eigenvalue weighted by molar-refractivity contribution is 5.92. The number of aryl methyl sites for hydroxylation is 2. The van der Waals surface area contributed by atoms with Gasteiger partial charge in [-0.3, -0.25) is 4.79 Å². The Labute approximate surface area is 188 Å². The molecule has 1 aromatic carbocycles. The van der Waals surface area contributed by atoms with Gasteiger partial charge in [-0.05, 0) is 65.0 Å². The minimum Gasteiger partial charge on any atom is -0.484 e. The Hall–Kier alpha value is -3.26. The third-order valence-corrected chi connectivity index (χ3v) is 5.84. The summed E-state index contributed by atoms with van der Waals surface area (Å²) in [6.45, 7) is 5.73. The van der Waals surface area contributed by atoms with Gasteiger partial charge in [0.15, 0.2) is 6.61 Å². The molecular formula is C24H30N6O2. The minimum absolute atomic E-state index is 0.0832. The van der Waals surface area contributed by atoms with E-state index >= 15 is 0 Å². The van der Waals surface area contributed by atoms with E-state index < -0.39 is 0 Å². The maximum atomic E-state index is 12.3. The molecule has 32 heavy (non-hydrogen) atoms. The van der Waals surface area contributed by atoms with Crippen molar-refractivity contribution >= 4 is 28.7 Å². The zero-order chi connectivity index (χ0) is 22.7. The van der Waals surface area contributed by atoms with Crippen molar-refractivity contribution in [1.29, 1.82) is 0 Å². The predicted octanol–water partition coefficient (Wildman–Crippen LogP) is 3.19. The fraction of sp³-hybridized carbons (Fsp3) is 0.417. The van der Waals surface area contributed by atoms with Crippen LogP contribution in [-0.4, -0.2) is 65.6 Å². The lowest BCUT2D eigenvalue weighted by atomic mass is 10.0. The molecule has 3 heterocycles. The molecule has 2 aromatic heterocycles. The summed E-state index contributed by atoms with van der Waals surface area (Å²) in [7, 11) is 4.27. The maximum Gasteiger partial charge on any atom is 0.263 e. The fourth-order valence-electron chi connectivity index (χ4n) is 3.90. The predicted molar refractivity (Wildman–Crippen MR) is 126 cm³/mol. The van der Waals surface area contributed by atoms with E-state index in [1.807, 2.05) is 44.2 Å². The molecule has 168 valence electrons. The monoisotopic (exact) mass is 434 g/mol. The Morgan fingerprint density at radius 1 is 1.06 bits per heavy atom. The lowest BCUT2D eigenvalue weighted by molar-refractivity contribution is -0.118. The van der Waals surface area contributed by atoms with Crippen LogP contribution in [0.2, 0.25) is 0 Å². The molecule has 8 nitrogen and oxygen atoms in total. The van der Waals surface area contributed by atoms with Crippen molar-refractivity contribution in [3.63, 3.8) is 0 Å². The molecule has 0 radical (unpaired) electrons. The van der Waals surface area contributed by atoms with Crippen LogP contribution < -0.4 is 15.0 Å². The molecule has 1 fully saturated rings. The van der Waals surface area contributed by atoms with Crippen LogP contribution in [0.3, 0.4) is 0 Å². The standard InChI is InChI=1S/C24H30N6O2/c1-16-5-7-19(8-6-16)32-15-22(31)27-21-10-9-20-23(28-21)17(2)25-24(26-20)30-13-11-18(12-14-30)29(3)4/h5-10,18H,11-15H2,1-4H3,(H,27,28,31). The van der Waals surface area contributed by atoms with Crippen LogP contribution in [0.4, 0.5) is 11.8 Å². The van der Waals surface area contributed by atoms with Crippen molar-refractivity contribution in [2.24, 2.45) is 0 Å². The number of aromatic nitrogens is 3. The number of fused-ring (bicyclic) bond motifs is 1. The molecule has 8 heteroatoms. The summed E-state index contributed by atoms with van der Waals surface area (Å²) in [6, 6.07) is 11.8. The first-order valence-corrected chi connectivity index (χ1v) is 10.9. The fourth-order valence-corrected chi connectivity index (χ4v) is 3.90. The summed E-state index contributed by atoms with van der Waals surface area (Å²) in [5.41, 5.74) is 3.40. The van der Waals surface area contributed by atoms with E-state index in [0.717, 1.165) is 48.7 Å². The molecule has 0 saturated carbocycles. The normalized spacial score (nSPS) is 14.7. The zero-order valence-corrected chi connectivity index (χ0v) is 19.1. The molecular weight excluding hydrogens is 404 g/mol.